The summed E-state index contributed by atoms with van der Waals surface area (Å²) in [6.07, 6.45) is 10.0. The zero-order valence-electron chi connectivity index (χ0n) is 24.1. The number of rotatable bonds is 12. The molecule has 0 spiro atoms. The molecule has 1 saturated carbocycles. The van der Waals surface area contributed by atoms with Gasteiger partial charge < -0.3 is 21.7 Å². The lowest BCUT2D eigenvalue weighted by Crippen LogP contribution is -2.49. The maximum Gasteiger partial charge on any atom is 0.256 e. The van der Waals surface area contributed by atoms with Crippen LogP contribution in [0.5, 0.6) is 0 Å². The first-order valence-corrected chi connectivity index (χ1v) is 14.7. The van der Waals surface area contributed by atoms with Crippen molar-refractivity contribution in [3.05, 3.63) is 77.5 Å². The molecule has 1 aliphatic rings. The number of nitrogens with zero attached hydrogens (tertiary/aromatic N) is 2. The van der Waals surface area contributed by atoms with E-state index in [1.807, 2.05) is 44.2 Å². The highest BCUT2D eigenvalue weighted by Crippen LogP contribution is 2.28. The van der Waals surface area contributed by atoms with E-state index < -0.39 is 6.04 Å². The molecule has 0 bridgehead atoms. The Balaban J connectivity index is 1.33. The normalized spacial score (nSPS) is 15.1. The smallest absolute Gasteiger partial charge is 0.256 e. The summed E-state index contributed by atoms with van der Waals surface area (Å²) in [5, 5.41) is 13.1. The van der Waals surface area contributed by atoms with Crippen molar-refractivity contribution in [2.75, 3.05) is 5.73 Å². The zero-order chi connectivity index (χ0) is 29.2. The van der Waals surface area contributed by atoms with Crippen molar-refractivity contribution < 1.29 is 14.4 Å². The lowest BCUT2D eigenvalue weighted by atomic mass is 9.85. The summed E-state index contributed by atoms with van der Waals surface area (Å²) >= 11 is 0. The summed E-state index contributed by atoms with van der Waals surface area (Å²) in [7, 11) is 0. The number of nitrogens with one attached hydrogen (secondary N) is 3. The molecule has 1 aliphatic carbocycles. The Hall–Kier alpha value is -4.14. The molecule has 2 aromatic carbocycles. The van der Waals surface area contributed by atoms with E-state index in [2.05, 4.69) is 21.0 Å². The number of amides is 3. The van der Waals surface area contributed by atoms with Gasteiger partial charge in [-0.2, -0.15) is 5.10 Å². The van der Waals surface area contributed by atoms with Crippen LogP contribution in [-0.2, 0) is 11.3 Å². The molecule has 0 radical (unpaired) electrons. The Morgan fingerprint density at radius 2 is 1.68 bits per heavy atom. The van der Waals surface area contributed by atoms with Gasteiger partial charge in [0.2, 0.25) is 5.91 Å². The Morgan fingerprint density at radius 3 is 2.37 bits per heavy atom. The molecule has 1 heterocycles. The van der Waals surface area contributed by atoms with Crippen LogP contribution in [0.15, 0.2) is 60.8 Å². The molecule has 4 rings (SSSR count). The van der Waals surface area contributed by atoms with E-state index in [1.165, 1.54) is 43.0 Å². The standard InChI is InChI=1S/C32H42N6O3/c1-3-22(2)36-32(41)28(19-16-23-10-6-4-7-11-23)37-30(39)25-17-14-24(15-18-25)20-34-31(40)27-21-35-38(29(27)33)26-12-8-5-9-13-26/h5,8-9,12-15,17-18,21-23,28H,3-4,6-7,10-11,16,19-20,33H2,1-2H3,(H,34,40)(H,36,41)(H,37,39)/t22-,28-/m0/s1. The van der Waals surface area contributed by atoms with Gasteiger partial charge in [0.1, 0.15) is 17.4 Å². The average molecular weight is 559 g/mol. The second-order valence-corrected chi connectivity index (χ2v) is 11.0. The number of para-hydroxylation sites is 1. The fraction of sp³-hybridized carbons (Fsp3) is 0.438. The van der Waals surface area contributed by atoms with Crippen LogP contribution in [0.25, 0.3) is 5.69 Å². The summed E-state index contributed by atoms with van der Waals surface area (Å²) in [6.45, 7) is 4.26. The SMILES string of the molecule is CC[C@H](C)NC(=O)[C@H](CCC1CCCCC1)NC(=O)c1ccc(CNC(=O)c2cnn(-c3ccccc3)c2N)cc1. The number of carbonyl (C=O) groups excluding carboxylic acids is 3. The van der Waals surface area contributed by atoms with Gasteiger partial charge in [-0.15, -0.1) is 0 Å². The molecule has 0 saturated heterocycles. The Kier molecular flexibility index (Phi) is 10.5. The summed E-state index contributed by atoms with van der Waals surface area (Å²) in [5.74, 6) is 0.139. The zero-order valence-corrected chi connectivity index (χ0v) is 24.1. The lowest BCUT2D eigenvalue weighted by molar-refractivity contribution is -0.123. The van der Waals surface area contributed by atoms with Gasteiger partial charge >= 0.3 is 0 Å². The molecule has 9 nitrogen and oxygen atoms in total. The topological polar surface area (TPSA) is 131 Å². The van der Waals surface area contributed by atoms with Gasteiger partial charge in [-0.3, -0.25) is 14.4 Å². The van der Waals surface area contributed by atoms with Crippen molar-refractivity contribution in [2.45, 2.75) is 83.8 Å². The van der Waals surface area contributed by atoms with Crippen LogP contribution in [0, 0.1) is 5.92 Å². The van der Waals surface area contributed by atoms with Crippen LogP contribution >= 0.6 is 0 Å². The third kappa shape index (κ3) is 8.19. The number of benzene rings is 2. The second-order valence-electron chi connectivity index (χ2n) is 11.0. The minimum absolute atomic E-state index is 0.0501. The maximum absolute atomic E-state index is 13.1. The van der Waals surface area contributed by atoms with E-state index in [0.717, 1.165) is 24.1 Å². The van der Waals surface area contributed by atoms with Crippen LogP contribution in [0.3, 0.4) is 0 Å². The highest BCUT2D eigenvalue weighted by Gasteiger charge is 2.24. The van der Waals surface area contributed by atoms with Crippen molar-refractivity contribution in [1.29, 1.82) is 0 Å². The fourth-order valence-electron chi connectivity index (χ4n) is 5.19. The molecule has 1 aromatic heterocycles. The van der Waals surface area contributed by atoms with Gasteiger partial charge in [-0.25, -0.2) is 4.68 Å². The number of anilines is 1. The number of hydrogen-bond acceptors (Lipinski definition) is 5. The number of nitrogen functional groups attached to an aromatic ring is 1. The maximum atomic E-state index is 13.1. The van der Waals surface area contributed by atoms with Crippen molar-refractivity contribution in [1.82, 2.24) is 25.7 Å². The largest absolute Gasteiger partial charge is 0.383 e. The minimum atomic E-state index is -0.570. The fourth-order valence-corrected chi connectivity index (χ4v) is 5.19. The number of aromatic nitrogens is 2. The summed E-state index contributed by atoms with van der Waals surface area (Å²) < 4.78 is 1.52. The van der Waals surface area contributed by atoms with Crippen LogP contribution in [0.2, 0.25) is 0 Å². The third-order valence-corrected chi connectivity index (χ3v) is 7.93. The third-order valence-electron chi connectivity index (χ3n) is 7.93. The monoisotopic (exact) mass is 558 g/mol. The quantitative estimate of drug-likeness (QED) is 0.255. The molecule has 3 aromatic rings. The first-order chi connectivity index (χ1) is 19.9. The molecule has 0 unspecified atom stereocenters. The van der Waals surface area contributed by atoms with Crippen LogP contribution in [-0.4, -0.2) is 39.6 Å². The molecule has 9 heteroatoms. The Bertz CT molecular complexity index is 1300. The van der Waals surface area contributed by atoms with E-state index in [9.17, 15) is 14.4 Å². The van der Waals surface area contributed by atoms with E-state index in [0.29, 0.717) is 23.5 Å². The van der Waals surface area contributed by atoms with Gasteiger partial charge in [0.25, 0.3) is 11.8 Å². The van der Waals surface area contributed by atoms with Crippen molar-refractivity contribution in [2.24, 2.45) is 5.92 Å². The molecule has 0 aliphatic heterocycles. The first kappa shape index (κ1) is 29.8. The molecular weight excluding hydrogens is 516 g/mol. The van der Waals surface area contributed by atoms with Gasteiger partial charge in [0.05, 0.1) is 11.9 Å². The average Bonchev–Trinajstić information content (AvgIpc) is 3.40. The first-order valence-electron chi connectivity index (χ1n) is 14.7. The molecule has 41 heavy (non-hydrogen) atoms. The molecule has 3 amide bonds. The number of nitrogens with two attached hydrogens (primary N) is 1. The molecule has 2 atom stereocenters. The number of hydrogen-bond donors (Lipinski definition) is 4. The van der Waals surface area contributed by atoms with Crippen molar-refractivity contribution in [3.63, 3.8) is 0 Å². The van der Waals surface area contributed by atoms with E-state index in [1.54, 1.807) is 24.3 Å². The molecule has 1 fully saturated rings. The van der Waals surface area contributed by atoms with Crippen molar-refractivity contribution in [3.8, 4) is 5.69 Å². The van der Waals surface area contributed by atoms with Crippen molar-refractivity contribution >= 4 is 23.5 Å². The summed E-state index contributed by atoms with van der Waals surface area (Å²) in [4.78, 5) is 38.9. The van der Waals surface area contributed by atoms with E-state index in [4.69, 9.17) is 5.73 Å². The summed E-state index contributed by atoms with van der Waals surface area (Å²) in [5.41, 5.74) is 8.54. The van der Waals surface area contributed by atoms with E-state index >= 15 is 0 Å². The predicted molar refractivity (Wildman–Crippen MR) is 161 cm³/mol. The highest BCUT2D eigenvalue weighted by atomic mass is 16.2. The Morgan fingerprint density at radius 1 is 0.976 bits per heavy atom. The van der Waals surface area contributed by atoms with Crippen LogP contribution < -0.4 is 21.7 Å². The van der Waals surface area contributed by atoms with Gasteiger partial charge in [0, 0.05) is 18.2 Å². The highest BCUT2D eigenvalue weighted by molar-refractivity contribution is 5.99. The second kappa shape index (κ2) is 14.5. The van der Waals surface area contributed by atoms with Gasteiger partial charge in [0.15, 0.2) is 0 Å². The lowest BCUT2D eigenvalue weighted by Gasteiger charge is -2.25. The van der Waals surface area contributed by atoms with Crippen LogP contribution in [0.1, 0.15) is 91.5 Å². The summed E-state index contributed by atoms with van der Waals surface area (Å²) in [6, 6.07) is 15.9. The van der Waals surface area contributed by atoms with Gasteiger partial charge in [-0.1, -0.05) is 69.4 Å². The minimum Gasteiger partial charge on any atom is -0.383 e. The van der Waals surface area contributed by atoms with E-state index in [-0.39, 0.29) is 36.1 Å². The van der Waals surface area contributed by atoms with Crippen LogP contribution in [0.4, 0.5) is 5.82 Å². The van der Waals surface area contributed by atoms with Gasteiger partial charge in [-0.05, 0) is 61.9 Å². The molecular formula is C32H42N6O3. The molecule has 5 N–H and O–H groups in total. The predicted octanol–water partition coefficient (Wildman–Crippen LogP) is 4.76. The Labute approximate surface area is 242 Å². The molecule has 218 valence electrons. The number of carbonyl (C=O) groups is 3.